The van der Waals surface area contributed by atoms with E-state index in [9.17, 15) is 0 Å². The van der Waals surface area contributed by atoms with E-state index in [1.807, 2.05) is 12.3 Å². The first-order valence-electron chi connectivity index (χ1n) is 6.59. The lowest BCUT2D eigenvalue weighted by atomic mass is 9.70. The monoisotopic (exact) mass is 232 g/mol. The van der Waals surface area contributed by atoms with E-state index >= 15 is 0 Å². The zero-order valence-corrected chi connectivity index (χ0v) is 10.1. The van der Waals surface area contributed by atoms with Crippen LogP contribution >= 0.6 is 0 Å². The van der Waals surface area contributed by atoms with Crippen LogP contribution in [0.3, 0.4) is 0 Å². The standard InChI is InChI=1S/C14H20N2O/c15-13(12-3-1-7-16-10-12)11-4-8-17-14(9-11)5-2-6-14/h1,3,7,10-11,13H,2,4-6,8-9,15H2. The SMILES string of the molecule is NC(c1cccnc1)C1CCOC2(CCC2)C1. The van der Waals surface area contributed by atoms with Crippen LogP contribution in [0.4, 0.5) is 0 Å². The van der Waals surface area contributed by atoms with Crippen molar-refractivity contribution < 1.29 is 4.74 Å². The van der Waals surface area contributed by atoms with Crippen molar-refractivity contribution in [2.24, 2.45) is 11.7 Å². The highest BCUT2D eigenvalue weighted by molar-refractivity contribution is 5.15. The fourth-order valence-corrected chi connectivity index (χ4v) is 3.14. The molecule has 1 aliphatic heterocycles. The summed E-state index contributed by atoms with van der Waals surface area (Å²) < 4.78 is 5.95. The molecule has 0 bridgehead atoms. The second-order valence-electron chi connectivity index (χ2n) is 5.45. The second-order valence-corrected chi connectivity index (χ2v) is 5.45. The molecule has 2 heterocycles. The van der Waals surface area contributed by atoms with Gasteiger partial charge in [-0.15, -0.1) is 0 Å². The van der Waals surface area contributed by atoms with Gasteiger partial charge in [0.15, 0.2) is 0 Å². The fraction of sp³-hybridized carbons (Fsp3) is 0.643. The van der Waals surface area contributed by atoms with Gasteiger partial charge in [-0.1, -0.05) is 6.07 Å². The summed E-state index contributed by atoms with van der Waals surface area (Å²) in [5.74, 6) is 0.549. The summed E-state index contributed by atoms with van der Waals surface area (Å²) in [6.45, 7) is 0.874. The fourth-order valence-electron chi connectivity index (χ4n) is 3.14. The number of aromatic nitrogens is 1. The van der Waals surface area contributed by atoms with Gasteiger partial charge in [0.2, 0.25) is 0 Å². The molecule has 0 amide bonds. The first kappa shape index (κ1) is 11.2. The van der Waals surface area contributed by atoms with Gasteiger partial charge < -0.3 is 10.5 Å². The molecule has 2 N–H and O–H groups in total. The normalized spacial score (nSPS) is 28.6. The number of nitrogens with two attached hydrogens (primary N) is 1. The Hall–Kier alpha value is -0.930. The molecule has 17 heavy (non-hydrogen) atoms. The van der Waals surface area contributed by atoms with E-state index in [4.69, 9.17) is 10.5 Å². The average Bonchev–Trinajstić information content (AvgIpc) is 2.37. The molecule has 1 saturated heterocycles. The Morgan fingerprint density at radius 3 is 3.00 bits per heavy atom. The molecule has 2 fully saturated rings. The minimum atomic E-state index is 0.116. The van der Waals surface area contributed by atoms with Crippen molar-refractivity contribution in [3.63, 3.8) is 0 Å². The van der Waals surface area contributed by atoms with E-state index in [1.54, 1.807) is 6.20 Å². The van der Waals surface area contributed by atoms with E-state index in [2.05, 4.69) is 11.1 Å². The Morgan fingerprint density at radius 1 is 1.47 bits per heavy atom. The maximum atomic E-state index is 6.37. The Labute approximate surface area is 102 Å². The molecule has 1 saturated carbocycles. The van der Waals surface area contributed by atoms with Crippen LogP contribution in [0.15, 0.2) is 24.5 Å². The molecule has 0 aromatic carbocycles. The predicted octanol–water partition coefficient (Wildman–Crippen LogP) is 2.43. The van der Waals surface area contributed by atoms with Gasteiger partial charge in [0.25, 0.3) is 0 Å². The van der Waals surface area contributed by atoms with Gasteiger partial charge in [0.05, 0.1) is 5.60 Å². The first-order valence-corrected chi connectivity index (χ1v) is 6.59. The Kier molecular flexibility index (Phi) is 2.89. The average molecular weight is 232 g/mol. The zero-order valence-electron chi connectivity index (χ0n) is 10.1. The van der Waals surface area contributed by atoms with E-state index in [0.29, 0.717) is 5.92 Å². The van der Waals surface area contributed by atoms with Crippen LogP contribution in [0.25, 0.3) is 0 Å². The summed E-state index contributed by atoms with van der Waals surface area (Å²) >= 11 is 0. The van der Waals surface area contributed by atoms with Crippen molar-refractivity contribution in [1.82, 2.24) is 4.98 Å². The predicted molar refractivity (Wildman–Crippen MR) is 66.4 cm³/mol. The first-order chi connectivity index (χ1) is 8.29. The van der Waals surface area contributed by atoms with Crippen molar-refractivity contribution in [3.05, 3.63) is 30.1 Å². The van der Waals surface area contributed by atoms with Gasteiger partial charge in [-0.05, 0) is 49.7 Å². The smallest absolute Gasteiger partial charge is 0.0686 e. The summed E-state index contributed by atoms with van der Waals surface area (Å²) in [5, 5.41) is 0. The minimum Gasteiger partial charge on any atom is -0.375 e. The van der Waals surface area contributed by atoms with Gasteiger partial charge in [-0.25, -0.2) is 0 Å². The lowest BCUT2D eigenvalue weighted by Gasteiger charge is -2.48. The Morgan fingerprint density at radius 2 is 2.35 bits per heavy atom. The van der Waals surface area contributed by atoms with Crippen molar-refractivity contribution in [2.75, 3.05) is 6.61 Å². The molecule has 1 aliphatic carbocycles. The summed E-state index contributed by atoms with van der Waals surface area (Å²) in [5.41, 5.74) is 7.72. The number of hydrogen-bond donors (Lipinski definition) is 1. The topological polar surface area (TPSA) is 48.1 Å². The molecule has 92 valence electrons. The number of ether oxygens (including phenoxy) is 1. The number of nitrogens with zero attached hydrogens (tertiary/aromatic N) is 1. The van der Waals surface area contributed by atoms with Gasteiger partial charge in [0.1, 0.15) is 0 Å². The maximum absolute atomic E-state index is 6.37. The van der Waals surface area contributed by atoms with Crippen LogP contribution < -0.4 is 5.73 Å². The molecule has 3 nitrogen and oxygen atoms in total. The van der Waals surface area contributed by atoms with Crippen LogP contribution in [-0.4, -0.2) is 17.2 Å². The van der Waals surface area contributed by atoms with Crippen LogP contribution in [0.2, 0.25) is 0 Å². The van der Waals surface area contributed by atoms with Crippen LogP contribution in [0, 0.1) is 5.92 Å². The van der Waals surface area contributed by atoms with E-state index in [0.717, 1.165) is 25.0 Å². The summed E-state index contributed by atoms with van der Waals surface area (Å²) in [7, 11) is 0. The van der Waals surface area contributed by atoms with Crippen molar-refractivity contribution in [2.45, 2.75) is 43.7 Å². The van der Waals surface area contributed by atoms with Crippen LogP contribution in [0.5, 0.6) is 0 Å². The molecule has 3 rings (SSSR count). The number of hydrogen-bond acceptors (Lipinski definition) is 3. The van der Waals surface area contributed by atoms with Gasteiger partial charge in [-0.2, -0.15) is 0 Å². The summed E-state index contributed by atoms with van der Waals surface area (Å²) in [6, 6.07) is 4.17. The number of pyridine rings is 1. The second kappa shape index (κ2) is 4.39. The molecule has 2 unspecified atom stereocenters. The van der Waals surface area contributed by atoms with Gasteiger partial charge in [-0.3, -0.25) is 4.98 Å². The highest BCUT2D eigenvalue weighted by Gasteiger charge is 2.43. The molecule has 1 aromatic rings. The molecule has 3 heteroatoms. The van der Waals surface area contributed by atoms with Crippen LogP contribution in [-0.2, 0) is 4.74 Å². The zero-order chi connectivity index (χ0) is 11.7. The lowest BCUT2D eigenvalue weighted by molar-refractivity contribution is -0.146. The highest BCUT2D eigenvalue weighted by Crippen LogP contribution is 2.46. The van der Waals surface area contributed by atoms with Gasteiger partial charge in [0, 0.05) is 25.0 Å². The minimum absolute atomic E-state index is 0.116. The highest BCUT2D eigenvalue weighted by atomic mass is 16.5. The van der Waals surface area contributed by atoms with Crippen molar-refractivity contribution >= 4 is 0 Å². The molecule has 1 aromatic heterocycles. The van der Waals surface area contributed by atoms with E-state index in [-0.39, 0.29) is 11.6 Å². The summed E-state index contributed by atoms with van der Waals surface area (Å²) in [6.07, 6.45) is 9.67. The third kappa shape index (κ3) is 2.09. The molecule has 0 radical (unpaired) electrons. The van der Waals surface area contributed by atoms with E-state index in [1.165, 1.54) is 19.3 Å². The molecule has 2 atom stereocenters. The van der Waals surface area contributed by atoms with Crippen molar-refractivity contribution in [1.29, 1.82) is 0 Å². The lowest BCUT2D eigenvalue weighted by Crippen LogP contribution is -2.47. The third-order valence-corrected chi connectivity index (χ3v) is 4.37. The van der Waals surface area contributed by atoms with Gasteiger partial charge >= 0.3 is 0 Å². The molecule has 2 aliphatic rings. The quantitative estimate of drug-likeness (QED) is 0.852. The maximum Gasteiger partial charge on any atom is 0.0686 e. The van der Waals surface area contributed by atoms with Crippen LogP contribution in [0.1, 0.15) is 43.7 Å². The number of rotatable bonds is 2. The third-order valence-electron chi connectivity index (χ3n) is 4.37. The summed E-state index contributed by atoms with van der Waals surface area (Å²) in [4.78, 5) is 4.16. The Bertz CT molecular complexity index is 375. The Balaban J connectivity index is 1.71. The van der Waals surface area contributed by atoms with Crippen molar-refractivity contribution in [3.8, 4) is 0 Å². The molecular formula is C14H20N2O. The largest absolute Gasteiger partial charge is 0.375 e. The molecule has 1 spiro atoms. The molecular weight excluding hydrogens is 212 g/mol. The van der Waals surface area contributed by atoms with E-state index < -0.39 is 0 Å².